The van der Waals surface area contributed by atoms with Crippen LogP contribution < -0.4 is 14.8 Å². The zero-order valence-electron chi connectivity index (χ0n) is 14.8. The van der Waals surface area contributed by atoms with Gasteiger partial charge >= 0.3 is 12.6 Å². The summed E-state index contributed by atoms with van der Waals surface area (Å²) in [6.45, 7) is -1.42. The number of hydrogen-bond donors (Lipinski definition) is 1. The first-order valence-corrected chi connectivity index (χ1v) is 7.84. The molecule has 0 aliphatic heterocycles. The summed E-state index contributed by atoms with van der Waals surface area (Å²) in [4.78, 5) is 13.6. The quantitative estimate of drug-likeness (QED) is 0.726. The van der Waals surface area contributed by atoms with Crippen molar-refractivity contribution in [2.75, 3.05) is 19.5 Å². The van der Waals surface area contributed by atoms with Crippen LogP contribution in [0.4, 0.5) is 28.0 Å². The minimum absolute atomic E-state index is 0.0804. The number of carbonyl (C=O) groups is 1. The Kier molecular flexibility index (Phi) is 6.49. The van der Waals surface area contributed by atoms with Crippen molar-refractivity contribution in [1.82, 2.24) is 4.90 Å². The number of benzene rings is 2. The maximum absolute atomic E-state index is 13.4. The minimum atomic E-state index is -3.05. The first-order valence-electron chi connectivity index (χ1n) is 7.84. The Labute approximate surface area is 153 Å². The molecule has 2 aromatic rings. The van der Waals surface area contributed by atoms with Crippen LogP contribution in [0.5, 0.6) is 11.5 Å². The van der Waals surface area contributed by atoms with Gasteiger partial charge in [-0.1, -0.05) is 6.07 Å². The highest BCUT2D eigenvalue weighted by atomic mass is 19.3. The molecule has 1 unspecified atom stereocenters. The van der Waals surface area contributed by atoms with E-state index in [1.54, 1.807) is 6.92 Å². The maximum atomic E-state index is 13.4. The van der Waals surface area contributed by atoms with E-state index in [4.69, 9.17) is 4.74 Å². The number of urea groups is 1. The van der Waals surface area contributed by atoms with E-state index in [-0.39, 0.29) is 17.2 Å². The van der Waals surface area contributed by atoms with Crippen LogP contribution in [0.25, 0.3) is 0 Å². The normalized spacial score (nSPS) is 11.9. The molecule has 9 heteroatoms. The predicted molar refractivity (Wildman–Crippen MR) is 91.2 cm³/mol. The SMILES string of the molecule is COc1ccc(NC(=O)N(C)C(C)c2ccc(F)c(F)c2)cc1OC(F)F. The molecule has 0 fully saturated rings. The van der Waals surface area contributed by atoms with E-state index in [1.165, 1.54) is 43.3 Å². The lowest BCUT2D eigenvalue weighted by Gasteiger charge is -2.26. The van der Waals surface area contributed by atoms with Gasteiger partial charge in [-0.15, -0.1) is 0 Å². The number of amides is 2. The summed E-state index contributed by atoms with van der Waals surface area (Å²) in [7, 11) is 2.75. The number of alkyl halides is 2. The average Bonchev–Trinajstić information content (AvgIpc) is 2.62. The van der Waals surface area contributed by atoms with Gasteiger partial charge in [-0.25, -0.2) is 13.6 Å². The van der Waals surface area contributed by atoms with Crippen LogP contribution in [0.2, 0.25) is 0 Å². The summed E-state index contributed by atoms with van der Waals surface area (Å²) < 4.78 is 60.7. The number of rotatable bonds is 6. The van der Waals surface area contributed by atoms with Gasteiger partial charge in [0.1, 0.15) is 0 Å². The van der Waals surface area contributed by atoms with Gasteiger partial charge in [0, 0.05) is 18.8 Å². The molecular weight excluding hydrogens is 368 g/mol. The Balaban J connectivity index is 2.14. The minimum Gasteiger partial charge on any atom is -0.493 e. The van der Waals surface area contributed by atoms with Crippen LogP contribution in [-0.4, -0.2) is 31.7 Å². The van der Waals surface area contributed by atoms with Crippen molar-refractivity contribution in [3.63, 3.8) is 0 Å². The summed E-state index contributed by atoms with van der Waals surface area (Å²) in [5.41, 5.74) is 0.587. The molecule has 0 aromatic heterocycles. The largest absolute Gasteiger partial charge is 0.493 e. The molecule has 27 heavy (non-hydrogen) atoms. The number of halogens is 4. The third kappa shape index (κ3) is 5.02. The van der Waals surface area contributed by atoms with E-state index in [2.05, 4.69) is 10.1 Å². The molecule has 0 saturated carbocycles. The van der Waals surface area contributed by atoms with Crippen molar-refractivity contribution in [2.45, 2.75) is 19.6 Å². The third-order valence-corrected chi connectivity index (χ3v) is 3.96. The highest BCUT2D eigenvalue weighted by molar-refractivity contribution is 5.89. The Hall–Kier alpha value is -2.97. The second kappa shape index (κ2) is 8.61. The fraction of sp³-hybridized carbons (Fsp3) is 0.278. The van der Waals surface area contributed by atoms with Gasteiger partial charge in [-0.05, 0) is 36.8 Å². The molecule has 0 aliphatic rings. The predicted octanol–water partition coefficient (Wildman–Crippen LogP) is 4.80. The molecule has 0 bridgehead atoms. The second-order valence-corrected chi connectivity index (χ2v) is 5.63. The van der Waals surface area contributed by atoms with E-state index < -0.39 is 30.3 Å². The van der Waals surface area contributed by atoms with Gasteiger partial charge < -0.3 is 19.7 Å². The number of ether oxygens (including phenoxy) is 2. The van der Waals surface area contributed by atoms with Crippen LogP contribution in [0.15, 0.2) is 36.4 Å². The Morgan fingerprint density at radius 1 is 1.07 bits per heavy atom. The van der Waals surface area contributed by atoms with Gasteiger partial charge in [-0.3, -0.25) is 0 Å². The summed E-state index contributed by atoms with van der Waals surface area (Å²) in [6.07, 6.45) is 0. The standard InChI is InChI=1S/C18H18F4N2O3/c1-10(11-4-6-13(19)14(20)8-11)24(2)18(25)23-12-5-7-15(26-3)16(9-12)27-17(21)22/h4-10,17H,1-3H3,(H,23,25). The van der Waals surface area contributed by atoms with Gasteiger partial charge in [0.15, 0.2) is 23.1 Å². The Morgan fingerprint density at radius 3 is 2.37 bits per heavy atom. The lowest BCUT2D eigenvalue weighted by atomic mass is 10.1. The number of nitrogens with one attached hydrogen (secondary N) is 1. The molecule has 0 saturated heterocycles. The lowest BCUT2D eigenvalue weighted by molar-refractivity contribution is -0.0511. The van der Waals surface area contributed by atoms with Crippen LogP contribution in [0.1, 0.15) is 18.5 Å². The molecule has 146 valence electrons. The molecule has 0 heterocycles. The summed E-state index contributed by atoms with van der Waals surface area (Å²) in [5, 5.41) is 2.52. The topological polar surface area (TPSA) is 50.8 Å². The zero-order chi connectivity index (χ0) is 20.1. The highest BCUT2D eigenvalue weighted by Gasteiger charge is 2.20. The van der Waals surface area contributed by atoms with E-state index in [9.17, 15) is 22.4 Å². The van der Waals surface area contributed by atoms with Gasteiger partial charge in [0.05, 0.1) is 13.2 Å². The zero-order valence-corrected chi connectivity index (χ0v) is 14.8. The molecule has 2 aromatic carbocycles. The molecule has 2 rings (SSSR count). The first-order chi connectivity index (χ1) is 12.7. The number of anilines is 1. The van der Waals surface area contributed by atoms with Gasteiger partial charge in [-0.2, -0.15) is 8.78 Å². The number of hydrogen-bond acceptors (Lipinski definition) is 3. The maximum Gasteiger partial charge on any atom is 0.387 e. The molecule has 5 nitrogen and oxygen atoms in total. The molecule has 0 radical (unpaired) electrons. The van der Waals surface area contributed by atoms with Crippen molar-refractivity contribution in [1.29, 1.82) is 0 Å². The monoisotopic (exact) mass is 386 g/mol. The molecule has 0 spiro atoms. The Bertz CT molecular complexity index is 817. The Morgan fingerprint density at radius 2 is 1.78 bits per heavy atom. The second-order valence-electron chi connectivity index (χ2n) is 5.63. The van der Waals surface area contributed by atoms with Crippen LogP contribution in [0.3, 0.4) is 0 Å². The van der Waals surface area contributed by atoms with Crippen molar-refractivity contribution < 1.29 is 31.8 Å². The van der Waals surface area contributed by atoms with Crippen LogP contribution in [-0.2, 0) is 0 Å². The number of carbonyl (C=O) groups excluding carboxylic acids is 1. The van der Waals surface area contributed by atoms with Crippen LogP contribution >= 0.6 is 0 Å². The molecule has 2 amide bonds. The van der Waals surface area contributed by atoms with Gasteiger partial charge in [0.2, 0.25) is 0 Å². The van der Waals surface area contributed by atoms with Gasteiger partial charge in [0.25, 0.3) is 0 Å². The summed E-state index contributed by atoms with van der Waals surface area (Å²) >= 11 is 0. The molecule has 1 N–H and O–H groups in total. The number of methoxy groups -OCH3 is 1. The van der Waals surface area contributed by atoms with Crippen molar-refractivity contribution in [2.24, 2.45) is 0 Å². The first kappa shape index (κ1) is 20.3. The summed E-state index contributed by atoms with van der Waals surface area (Å²) in [5.74, 6) is -2.15. The van der Waals surface area contributed by atoms with E-state index in [0.717, 1.165) is 12.1 Å². The number of nitrogens with zero attached hydrogens (tertiary/aromatic N) is 1. The van der Waals surface area contributed by atoms with Crippen molar-refractivity contribution in [3.05, 3.63) is 53.6 Å². The third-order valence-electron chi connectivity index (χ3n) is 3.96. The van der Waals surface area contributed by atoms with Crippen molar-refractivity contribution >= 4 is 11.7 Å². The molecule has 1 atom stereocenters. The van der Waals surface area contributed by atoms with Crippen molar-refractivity contribution in [3.8, 4) is 11.5 Å². The molecule has 0 aliphatic carbocycles. The highest BCUT2D eigenvalue weighted by Crippen LogP contribution is 2.32. The summed E-state index contributed by atoms with van der Waals surface area (Å²) in [6, 6.07) is 6.21. The smallest absolute Gasteiger partial charge is 0.387 e. The molecular formula is C18H18F4N2O3. The van der Waals surface area contributed by atoms with E-state index in [1.807, 2.05) is 0 Å². The fourth-order valence-corrected chi connectivity index (χ4v) is 2.33. The van der Waals surface area contributed by atoms with Crippen LogP contribution in [0, 0.1) is 11.6 Å². The van der Waals surface area contributed by atoms with E-state index in [0.29, 0.717) is 5.56 Å². The average molecular weight is 386 g/mol. The lowest BCUT2D eigenvalue weighted by Crippen LogP contribution is -2.33. The fourth-order valence-electron chi connectivity index (χ4n) is 2.33. The van der Waals surface area contributed by atoms with E-state index >= 15 is 0 Å².